The first-order valence-corrected chi connectivity index (χ1v) is 3.43. The number of nitrogens with two attached hydrogens (primary N) is 1. The van der Waals surface area contributed by atoms with Gasteiger partial charge in [-0.05, 0) is 6.07 Å². The molecule has 0 unspecified atom stereocenters. The zero-order chi connectivity index (χ0) is 9.14. The maximum absolute atomic E-state index is 12.9. The highest BCUT2D eigenvalue weighted by molar-refractivity contribution is 5.50. The molecule has 0 spiro atoms. The maximum Gasteiger partial charge on any atom is 0.270 e. The Hall–Kier alpha value is -1.45. The maximum atomic E-state index is 12.9. The van der Waals surface area contributed by atoms with Crippen LogP contribution in [0.1, 0.15) is 6.92 Å². The lowest BCUT2D eigenvalue weighted by molar-refractivity contribution is -0.450. The van der Waals surface area contributed by atoms with Crippen LogP contribution < -0.4 is 5.84 Å². The van der Waals surface area contributed by atoms with Crippen LogP contribution in [0.15, 0.2) is 18.2 Å². The van der Waals surface area contributed by atoms with E-state index in [0.717, 1.165) is 16.8 Å². The van der Waals surface area contributed by atoms with Crippen molar-refractivity contribution in [3.8, 4) is 0 Å². The molecule has 1 rings (SSSR count). The number of rotatable bonds is 1. The third-order valence-corrected chi connectivity index (χ3v) is 1.47. The van der Waals surface area contributed by atoms with Crippen LogP contribution >= 0.6 is 0 Å². The van der Waals surface area contributed by atoms with Gasteiger partial charge in [-0.25, -0.2) is 10.2 Å². The molecule has 2 N–H and O–H groups in total. The summed E-state index contributed by atoms with van der Waals surface area (Å²) >= 11 is 0. The van der Waals surface area contributed by atoms with Crippen molar-refractivity contribution in [3.05, 3.63) is 29.8 Å². The second kappa shape index (κ2) is 3.30. The summed E-state index contributed by atoms with van der Waals surface area (Å²) in [5.41, 5.74) is 0.152. The highest BCUT2D eigenvalue weighted by Gasteiger charge is 2.11. The van der Waals surface area contributed by atoms with E-state index in [0.29, 0.717) is 0 Å². The average molecular weight is 171 g/mol. The summed E-state index contributed by atoms with van der Waals surface area (Å²) in [5, 5.41) is 0. The van der Waals surface area contributed by atoms with Gasteiger partial charge in [-0.3, -0.25) is 0 Å². The summed E-state index contributed by atoms with van der Waals surface area (Å²) in [4.78, 5) is 0. The molecule has 0 saturated heterocycles. The Balaban J connectivity index is 3.18. The van der Waals surface area contributed by atoms with Crippen molar-refractivity contribution >= 4 is 11.9 Å². The minimum absolute atomic E-state index is 0.152. The molecule has 0 aliphatic carbocycles. The van der Waals surface area contributed by atoms with Crippen molar-refractivity contribution in [3.63, 3.8) is 0 Å². The van der Waals surface area contributed by atoms with E-state index in [1.165, 1.54) is 12.3 Å². The molecule has 0 saturated carbocycles. The second-order valence-corrected chi connectivity index (χ2v) is 2.26. The normalized spacial score (nSPS) is 11.8. The van der Waals surface area contributed by atoms with Gasteiger partial charge in [0.05, 0.1) is 0 Å². The van der Waals surface area contributed by atoms with Crippen molar-refractivity contribution in [1.82, 2.24) is 0 Å². The zero-order valence-corrected chi connectivity index (χ0v) is 6.59. The van der Waals surface area contributed by atoms with E-state index in [-0.39, 0.29) is 5.69 Å². The predicted octanol–water partition coefficient (Wildman–Crippen LogP) is 1.57. The Labute approximate surface area is 68.9 Å². The van der Waals surface area contributed by atoms with Crippen LogP contribution in [0, 0.1) is 11.6 Å². The SMILES string of the molecule is CC=[N+](N)c1ccc(F)cc1F. The Morgan fingerprint density at radius 3 is 2.58 bits per heavy atom. The van der Waals surface area contributed by atoms with Crippen LogP contribution in [-0.4, -0.2) is 10.9 Å². The van der Waals surface area contributed by atoms with E-state index >= 15 is 0 Å². The Morgan fingerprint density at radius 1 is 1.42 bits per heavy atom. The number of hydrogen-bond donors (Lipinski definition) is 1. The Bertz CT molecular complexity index is 321. The van der Waals surface area contributed by atoms with Crippen molar-refractivity contribution in [2.75, 3.05) is 0 Å². The van der Waals surface area contributed by atoms with E-state index in [4.69, 9.17) is 5.84 Å². The summed E-state index contributed by atoms with van der Waals surface area (Å²) in [6.07, 6.45) is 1.48. The van der Waals surface area contributed by atoms with Gasteiger partial charge in [0.1, 0.15) is 5.82 Å². The number of hydrazine groups is 1. The van der Waals surface area contributed by atoms with Crippen molar-refractivity contribution in [1.29, 1.82) is 0 Å². The van der Waals surface area contributed by atoms with E-state index in [1.54, 1.807) is 6.92 Å². The molecule has 0 amide bonds. The minimum atomic E-state index is -0.671. The number of hydrogen-bond acceptors (Lipinski definition) is 1. The molecule has 0 radical (unpaired) electrons. The Morgan fingerprint density at radius 2 is 2.08 bits per heavy atom. The lowest BCUT2D eigenvalue weighted by Crippen LogP contribution is -2.15. The molecule has 64 valence electrons. The summed E-state index contributed by atoms with van der Waals surface area (Å²) in [6.45, 7) is 1.66. The van der Waals surface area contributed by atoms with Crippen molar-refractivity contribution in [2.24, 2.45) is 5.84 Å². The van der Waals surface area contributed by atoms with E-state index in [2.05, 4.69) is 0 Å². The summed E-state index contributed by atoms with van der Waals surface area (Å²) in [7, 11) is 0. The van der Waals surface area contributed by atoms with Gasteiger partial charge in [0.15, 0.2) is 12.0 Å². The van der Waals surface area contributed by atoms with Gasteiger partial charge in [-0.15, -0.1) is 0 Å². The fourth-order valence-electron chi connectivity index (χ4n) is 0.830. The number of halogens is 2. The lowest BCUT2D eigenvalue weighted by atomic mass is 10.3. The highest BCUT2D eigenvalue weighted by atomic mass is 19.1. The van der Waals surface area contributed by atoms with Gasteiger partial charge in [0.25, 0.3) is 5.69 Å². The molecule has 1 aromatic carbocycles. The molecule has 0 aliphatic rings. The largest absolute Gasteiger partial charge is 0.270 e. The molecule has 0 aliphatic heterocycles. The van der Waals surface area contributed by atoms with E-state index in [9.17, 15) is 8.78 Å². The van der Waals surface area contributed by atoms with Crippen LogP contribution in [0.4, 0.5) is 14.5 Å². The molecular formula is C8H9F2N2+. The fourth-order valence-corrected chi connectivity index (χ4v) is 0.830. The van der Waals surface area contributed by atoms with Crippen molar-refractivity contribution < 1.29 is 13.5 Å². The van der Waals surface area contributed by atoms with Gasteiger partial charge in [-0.2, -0.15) is 4.39 Å². The first-order valence-electron chi connectivity index (χ1n) is 3.43. The van der Waals surface area contributed by atoms with Gasteiger partial charge in [0.2, 0.25) is 0 Å². The van der Waals surface area contributed by atoms with Gasteiger partial charge >= 0.3 is 0 Å². The van der Waals surface area contributed by atoms with Gasteiger partial charge in [0, 0.05) is 19.1 Å². The molecule has 2 nitrogen and oxygen atoms in total. The molecule has 0 aromatic heterocycles. The van der Waals surface area contributed by atoms with Crippen molar-refractivity contribution in [2.45, 2.75) is 6.92 Å². The second-order valence-electron chi connectivity index (χ2n) is 2.26. The summed E-state index contributed by atoms with van der Waals surface area (Å²) < 4.78 is 26.4. The molecule has 12 heavy (non-hydrogen) atoms. The first-order chi connectivity index (χ1) is 5.65. The van der Waals surface area contributed by atoms with E-state index in [1.807, 2.05) is 0 Å². The third-order valence-electron chi connectivity index (χ3n) is 1.47. The highest BCUT2D eigenvalue weighted by Crippen LogP contribution is 2.15. The topological polar surface area (TPSA) is 29.0 Å². The molecule has 4 heteroatoms. The van der Waals surface area contributed by atoms with Crippen LogP contribution in [-0.2, 0) is 0 Å². The predicted molar refractivity (Wildman–Crippen MR) is 42.2 cm³/mol. The average Bonchev–Trinajstić information content (AvgIpc) is 2.03. The lowest BCUT2D eigenvalue weighted by Gasteiger charge is -1.95. The van der Waals surface area contributed by atoms with Crippen LogP contribution in [0.5, 0.6) is 0 Å². The van der Waals surface area contributed by atoms with E-state index < -0.39 is 11.6 Å². The van der Waals surface area contributed by atoms with Crippen LogP contribution in [0.25, 0.3) is 0 Å². The minimum Gasteiger partial charge on any atom is -0.207 e. The zero-order valence-electron chi connectivity index (χ0n) is 6.59. The monoisotopic (exact) mass is 171 g/mol. The summed E-state index contributed by atoms with van der Waals surface area (Å²) in [5.74, 6) is 4.08. The van der Waals surface area contributed by atoms with Crippen LogP contribution in [0.3, 0.4) is 0 Å². The fraction of sp³-hybridized carbons (Fsp3) is 0.125. The molecular weight excluding hydrogens is 162 g/mol. The molecule has 1 aromatic rings. The van der Waals surface area contributed by atoms with Gasteiger partial charge < -0.3 is 0 Å². The quantitative estimate of drug-likeness (QED) is 0.295. The Kier molecular flexibility index (Phi) is 2.38. The third kappa shape index (κ3) is 1.58. The smallest absolute Gasteiger partial charge is 0.207 e. The number of hydrazone groups is 1. The molecule has 0 atom stereocenters. The standard InChI is InChI=1S/C8H9F2N2/c1-2-12(11)8-4-3-6(9)5-7(8)10/h2-5H,11H2,1H3/q+1. The summed E-state index contributed by atoms with van der Waals surface area (Å²) in [6, 6.07) is 3.23. The first kappa shape index (κ1) is 8.64. The number of nitrogens with zero attached hydrogens (tertiary/aromatic N) is 1. The molecule has 0 heterocycles. The molecule has 0 fully saturated rings. The molecule has 0 bridgehead atoms. The van der Waals surface area contributed by atoms with Gasteiger partial charge in [-0.1, -0.05) is 4.68 Å². The number of benzene rings is 1. The van der Waals surface area contributed by atoms with Crippen LogP contribution in [0.2, 0.25) is 0 Å².